The summed E-state index contributed by atoms with van der Waals surface area (Å²) < 4.78 is 0. The van der Waals surface area contributed by atoms with Crippen LogP contribution in [0.25, 0.3) is 0 Å². The Labute approximate surface area is 108 Å². The molecule has 0 atom stereocenters. The fourth-order valence-corrected chi connectivity index (χ4v) is 2.26. The van der Waals surface area contributed by atoms with Crippen molar-refractivity contribution in [3.63, 3.8) is 0 Å². The van der Waals surface area contributed by atoms with Gasteiger partial charge in [-0.1, -0.05) is 25.1 Å². The van der Waals surface area contributed by atoms with Crippen LogP contribution in [0, 0.1) is 6.92 Å². The van der Waals surface area contributed by atoms with Crippen LogP contribution in [0.15, 0.2) is 18.2 Å². The molecule has 4 nitrogen and oxygen atoms in total. The minimum absolute atomic E-state index is 0.0144. The van der Waals surface area contributed by atoms with E-state index in [4.69, 9.17) is 0 Å². The first-order valence-electron chi connectivity index (χ1n) is 6.57. The SMILES string of the molecule is CCc1cccc(C)c1NC(=O)N1CCNCC1. The molecule has 1 aliphatic heterocycles. The Morgan fingerprint density at radius 2 is 2.11 bits per heavy atom. The zero-order valence-electron chi connectivity index (χ0n) is 11.1. The molecule has 2 N–H and O–H groups in total. The minimum atomic E-state index is 0.0144. The zero-order chi connectivity index (χ0) is 13.0. The second kappa shape index (κ2) is 5.87. The van der Waals surface area contributed by atoms with Gasteiger partial charge in [0.25, 0.3) is 0 Å². The summed E-state index contributed by atoms with van der Waals surface area (Å²) in [6, 6.07) is 6.15. The molecule has 0 saturated carbocycles. The van der Waals surface area contributed by atoms with Gasteiger partial charge in [0.1, 0.15) is 0 Å². The van der Waals surface area contributed by atoms with E-state index in [1.54, 1.807) is 0 Å². The van der Waals surface area contributed by atoms with E-state index in [2.05, 4.69) is 23.6 Å². The number of nitrogens with zero attached hydrogens (tertiary/aromatic N) is 1. The maximum Gasteiger partial charge on any atom is 0.321 e. The van der Waals surface area contributed by atoms with E-state index in [1.165, 1.54) is 5.56 Å². The molecule has 0 aromatic heterocycles. The highest BCUT2D eigenvalue weighted by Gasteiger charge is 2.17. The highest BCUT2D eigenvalue weighted by molar-refractivity contribution is 5.91. The Kier molecular flexibility index (Phi) is 4.20. The van der Waals surface area contributed by atoms with E-state index < -0.39 is 0 Å². The predicted molar refractivity (Wildman–Crippen MR) is 74.0 cm³/mol. The number of para-hydroxylation sites is 1. The van der Waals surface area contributed by atoms with Gasteiger partial charge < -0.3 is 15.5 Å². The molecule has 1 heterocycles. The number of carbonyl (C=O) groups is 1. The number of amides is 2. The smallest absolute Gasteiger partial charge is 0.321 e. The molecular formula is C14H21N3O. The van der Waals surface area contributed by atoms with Crippen LogP contribution < -0.4 is 10.6 Å². The Morgan fingerprint density at radius 1 is 1.39 bits per heavy atom. The topological polar surface area (TPSA) is 44.4 Å². The molecule has 0 aliphatic carbocycles. The lowest BCUT2D eigenvalue weighted by Gasteiger charge is -2.28. The normalized spacial score (nSPS) is 15.6. The van der Waals surface area contributed by atoms with Crippen molar-refractivity contribution in [1.29, 1.82) is 0 Å². The van der Waals surface area contributed by atoms with Crippen LogP contribution in [0.3, 0.4) is 0 Å². The molecule has 0 bridgehead atoms. The number of carbonyl (C=O) groups excluding carboxylic acids is 1. The van der Waals surface area contributed by atoms with Crippen LogP contribution in [-0.4, -0.2) is 37.1 Å². The van der Waals surface area contributed by atoms with E-state index >= 15 is 0 Å². The molecule has 1 aliphatic rings. The Bertz CT molecular complexity index is 425. The number of urea groups is 1. The number of benzene rings is 1. The first kappa shape index (κ1) is 12.9. The van der Waals surface area contributed by atoms with E-state index in [-0.39, 0.29) is 6.03 Å². The van der Waals surface area contributed by atoms with Gasteiger partial charge in [-0.25, -0.2) is 4.79 Å². The van der Waals surface area contributed by atoms with Crippen molar-refractivity contribution in [3.05, 3.63) is 29.3 Å². The Morgan fingerprint density at radius 3 is 2.78 bits per heavy atom. The van der Waals surface area contributed by atoms with Crippen LogP contribution >= 0.6 is 0 Å². The maximum atomic E-state index is 12.2. The third kappa shape index (κ3) is 2.82. The monoisotopic (exact) mass is 247 g/mol. The van der Waals surface area contributed by atoms with Crippen molar-refractivity contribution in [2.24, 2.45) is 0 Å². The molecule has 0 radical (unpaired) electrons. The van der Waals surface area contributed by atoms with Crippen molar-refractivity contribution in [1.82, 2.24) is 10.2 Å². The molecule has 0 unspecified atom stereocenters. The van der Waals surface area contributed by atoms with Crippen LogP contribution in [0.2, 0.25) is 0 Å². The number of aryl methyl sites for hydroxylation is 2. The largest absolute Gasteiger partial charge is 0.322 e. The van der Waals surface area contributed by atoms with Crippen molar-refractivity contribution >= 4 is 11.7 Å². The minimum Gasteiger partial charge on any atom is -0.322 e. The van der Waals surface area contributed by atoms with E-state index in [0.717, 1.165) is 43.9 Å². The summed E-state index contributed by atoms with van der Waals surface area (Å²) >= 11 is 0. The van der Waals surface area contributed by atoms with Crippen molar-refractivity contribution < 1.29 is 4.79 Å². The van der Waals surface area contributed by atoms with Gasteiger partial charge in [0, 0.05) is 31.9 Å². The number of anilines is 1. The third-order valence-electron chi connectivity index (χ3n) is 3.38. The average Bonchev–Trinajstić information content (AvgIpc) is 2.42. The number of piperazine rings is 1. The number of nitrogens with one attached hydrogen (secondary N) is 2. The predicted octanol–water partition coefficient (Wildman–Crippen LogP) is 1.99. The molecule has 98 valence electrons. The van der Waals surface area contributed by atoms with Crippen LogP contribution in [0.4, 0.5) is 10.5 Å². The molecule has 1 aromatic rings. The van der Waals surface area contributed by atoms with Gasteiger partial charge in [-0.15, -0.1) is 0 Å². The second-order valence-electron chi connectivity index (χ2n) is 4.63. The van der Waals surface area contributed by atoms with Gasteiger partial charge in [0.15, 0.2) is 0 Å². The van der Waals surface area contributed by atoms with Crippen molar-refractivity contribution in [2.45, 2.75) is 20.3 Å². The highest BCUT2D eigenvalue weighted by Crippen LogP contribution is 2.21. The lowest BCUT2D eigenvalue weighted by atomic mass is 10.1. The first-order valence-corrected chi connectivity index (χ1v) is 6.57. The van der Waals surface area contributed by atoms with Gasteiger partial charge in [0.05, 0.1) is 0 Å². The molecule has 1 aromatic carbocycles. The summed E-state index contributed by atoms with van der Waals surface area (Å²) in [6.45, 7) is 7.45. The third-order valence-corrected chi connectivity index (χ3v) is 3.38. The van der Waals surface area contributed by atoms with E-state index in [1.807, 2.05) is 24.0 Å². The van der Waals surface area contributed by atoms with E-state index in [9.17, 15) is 4.79 Å². The molecule has 4 heteroatoms. The number of hydrogen-bond donors (Lipinski definition) is 2. The fraction of sp³-hybridized carbons (Fsp3) is 0.500. The molecular weight excluding hydrogens is 226 g/mol. The van der Waals surface area contributed by atoms with Gasteiger partial charge >= 0.3 is 6.03 Å². The Hall–Kier alpha value is -1.55. The van der Waals surface area contributed by atoms with Gasteiger partial charge in [-0.2, -0.15) is 0 Å². The van der Waals surface area contributed by atoms with Gasteiger partial charge in [-0.3, -0.25) is 0 Å². The second-order valence-corrected chi connectivity index (χ2v) is 4.63. The number of rotatable bonds is 2. The summed E-state index contributed by atoms with van der Waals surface area (Å²) in [5.74, 6) is 0. The van der Waals surface area contributed by atoms with E-state index in [0.29, 0.717) is 0 Å². The van der Waals surface area contributed by atoms with Crippen molar-refractivity contribution in [2.75, 3.05) is 31.5 Å². The lowest BCUT2D eigenvalue weighted by molar-refractivity contribution is 0.204. The molecule has 2 amide bonds. The average molecular weight is 247 g/mol. The summed E-state index contributed by atoms with van der Waals surface area (Å²) in [6.07, 6.45) is 0.929. The molecule has 18 heavy (non-hydrogen) atoms. The number of hydrogen-bond acceptors (Lipinski definition) is 2. The standard InChI is InChI=1S/C14H21N3O/c1-3-12-6-4-5-11(2)13(12)16-14(18)17-9-7-15-8-10-17/h4-6,15H,3,7-10H2,1-2H3,(H,16,18). The molecule has 1 fully saturated rings. The van der Waals surface area contributed by atoms with Gasteiger partial charge in [-0.05, 0) is 24.5 Å². The zero-order valence-corrected chi connectivity index (χ0v) is 11.1. The summed E-state index contributed by atoms with van der Waals surface area (Å²) in [5.41, 5.74) is 3.29. The summed E-state index contributed by atoms with van der Waals surface area (Å²) in [7, 11) is 0. The molecule has 1 saturated heterocycles. The van der Waals surface area contributed by atoms with Crippen LogP contribution in [-0.2, 0) is 6.42 Å². The summed E-state index contributed by atoms with van der Waals surface area (Å²) in [4.78, 5) is 14.0. The van der Waals surface area contributed by atoms with Crippen LogP contribution in [0.1, 0.15) is 18.1 Å². The quantitative estimate of drug-likeness (QED) is 0.839. The molecule has 2 rings (SSSR count). The Balaban J connectivity index is 2.10. The first-order chi connectivity index (χ1) is 8.72. The maximum absolute atomic E-state index is 12.2. The lowest BCUT2D eigenvalue weighted by Crippen LogP contribution is -2.48. The van der Waals surface area contributed by atoms with Gasteiger partial charge in [0.2, 0.25) is 0 Å². The molecule has 0 spiro atoms. The highest BCUT2D eigenvalue weighted by atomic mass is 16.2. The summed E-state index contributed by atoms with van der Waals surface area (Å²) in [5, 5.41) is 6.30. The van der Waals surface area contributed by atoms with Crippen LogP contribution in [0.5, 0.6) is 0 Å². The van der Waals surface area contributed by atoms with Crippen molar-refractivity contribution in [3.8, 4) is 0 Å². The fourth-order valence-electron chi connectivity index (χ4n) is 2.26.